The number of nitrogens with zero attached hydrogens (tertiary/aromatic N) is 2. The fraction of sp³-hybridized carbons (Fsp3) is 0.154. The molecule has 0 spiro atoms. The van der Waals surface area contributed by atoms with Gasteiger partial charge >= 0.3 is 0 Å². The number of amides is 3. The number of primary amides is 1. The van der Waals surface area contributed by atoms with Crippen LogP contribution < -0.4 is 21.1 Å². The second-order valence-corrected chi connectivity index (χ2v) is 7.99. The zero-order chi connectivity index (χ0) is 24.8. The van der Waals surface area contributed by atoms with Gasteiger partial charge in [-0.15, -0.1) is 0 Å². The molecular formula is C26H25N5O4. The molecule has 9 nitrogen and oxygen atoms in total. The van der Waals surface area contributed by atoms with Crippen molar-refractivity contribution < 1.29 is 19.1 Å². The van der Waals surface area contributed by atoms with Crippen LogP contribution in [0.2, 0.25) is 0 Å². The van der Waals surface area contributed by atoms with E-state index in [1.807, 2.05) is 35.9 Å². The number of para-hydroxylation sites is 1. The molecule has 9 heteroatoms. The van der Waals surface area contributed by atoms with Crippen molar-refractivity contribution in [2.75, 3.05) is 11.9 Å². The first-order valence-corrected chi connectivity index (χ1v) is 11.0. The Morgan fingerprint density at radius 3 is 2.66 bits per heavy atom. The molecule has 178 valence electrons. The predicted molar refractivity (Wildman–Crippen MR) is 131 cm³/mol. The second-order valence-electron chi connectivity index (χ2n) is 7.99. The highest BCUT2D eigenvalue weighted by molar-refractivity contribution is 6.09. The molecule has 3 amide bonds. The molecule has 0 saturated heterocycles. The first-order chi connectivity index (χ1) is 16.9. The van der Waals surface area contributed by atoms with Crippen LogP contribution >= 0.6 is 0 Å². The van der Waals surface area contributed by atoms with Gasteiger partial charge in [0.2, 0.25) is 5.91 Å². The minimum absolute atomic E-state index is 0.0294. The van der Waals surface area contributed by atoms with E-state index in [0.717, 1.165) is 16.9 Å². The average molecular weight is 472 g/mol. The molecule has 2 aromatic carbocycles. The minimum Gasteiger partial charge on any atom is -0.487 e. The van der Waals surface area contributed by atoms with E-state index in [1.54, 1.807) is 48.5 Å². The molecule has 0 saturated carbocycles. The van der Waals surface area contributed by atoms with Crippen LogP contribution in [0, 0.1) is 6.92 Å². The molecule has 0 aliphatic rings. The number of ether oxygens (including phenoxy) is 1. The molecule has 0 aliphatic heterocycles. The van der Waals surface area contributed by atoms with Crippen LogP contribution in [-0.2, 0) is 11.4 Å². The Kier molecular flexibility index (Phi) is 7.06. The third kappa shape index (κ3) is 6.02. The Balaban J connectivity index is 1.41. The van der Waals surface area contributed by atoms with Gasteiger partial charge in [0.1, 0.15) is 18.0 Å². The fourth-order valence-corrected chi connectivity index (χ4v) is 3.49. The SMILES string of the molecule is Cc1ccc2nc(COc3cccc(C(=O)Nc4ccccc4C(=O)NCCC(N)=O)c3)cn2c1. The summed E-state index contributed by atoms with van der Waals surface area (Å²) in [6.45, 7) is 2.38. The predicted octanol–water partition coefficient (Wildman–Crippen LogP) is 3.08. The molecule has 4 aromatic rings. The number of nitrogens with one attached hydrogen (secondary N) is 2. The fourth-order valence-electron chi connectivity index (χ4n) is 3.49. The summed E-state index contributed by atoms with van der Waals surface area (Å²) in [4.78, 5) is 40.8. The number of rotatable bonds is 9. The van der Waals surface area contributed by atoms with Gasteiger partial charge in [-0.25, -0.2) is 4.98 Å². The standard InChI is InChI=1S/C26H25N5O4/c1-17-9-10-24-29-19(15-31(24)14-17)16-35-20-6-4-5-18(13-20)25(33)30-22-8-3-2-7-21(22)26(34)28-12-11-23(27)32/h2-10,13-15H,11-12,16H2,1H3,(H2,27,32)(H,28,34)(H,30,33). The normalized spacial score (nSPS) is 10.7. The average Bonchev–Trinajstić information content (AvgIpc) is 3.25. The summed E-state index contributed by atoms with van der Waals surface area (Å²) in [5, 5.41) is 5.39. The van der Waals surface area contributed by atoms with Crippen LogP contribution in [0.25, 0.3) is 5.65 Å². The largest absolute Gasteiger partial charge is 0.487 e. The summed E-state index contributed by atoms with van der Waals surface area (Å²) < 4.78 is 7.80. The second kappa shape index (κ2) is 10.5. The van der Waals surface area contributed by atoms with Gasteiger partial charge in [0.05, 0.1) is 16.9 Å². The van der Waals surface area contributed by atoms with Crippen LogP contribution in [0.1, 0.15) is 38.4 Å². The van der Waals surface area contributed by atoms with Crippen molar-refractivity contribution in [3.63, 3.8) is 0 Å². The molecule has 2 heterocycles. The third-order valence-corrected chi connectivity index (χ3v) is 5.21. The van der Waals surface area contributed by atoms with Crippen molar-refractivity contribution in [2.24, 2.45) is 5.73 Å². The lowest BCUT2D eigenvalue weighted by atomic mass is 10.1. The quantitative estimate of drug-likeness (QED) is 0.346. The number of fused-ring (bicyclic) bond motifs is 1. The molecule has 0 bridgehead atoms. The van der Waals surface area contributed by atoms with E-state index in [9.17, 15) is 14.4 Å². The number of imidazole rings is 1. The number of hydrogen-bond acceptors (Lipinski definition) is 5. The lowest BCUT2D eigenvalue weighted by Crippen LogP contribution is -2.28. The maximum absolute atomic E-state index is 12.9. The van der Waals surface area contributed by atoms with E-state index in [2.05, 4.69) is 15.6 Å². The Morgan fingerprint density at radius 2 is 1.83 bits per heavy atom. The van der Waals surface area contributed by atoms with Crippen molar-refractivity contribution in [1.29, 1.82) is 0 Å². The lowest BCUT2D eigenvalue weighted by Gasteiger charge is -2.12. The molecule has 2 aromatic heterocycles. The number of anilines is 1. The van der Waals surface area contributed by atoms with Gasteiger partial charge in [0, 0.05) is 30.9 Å². The van der Waals surface area contributed by atoms with Gasteiger partial charge in [0.15, 0.2) is 0 Å². The zero-order valence-electron chi connectivity index (χ0n) is 19.2. The number of benzene rings is 2. The van der Waals surface area contributed by atoms with E-state index in [4.69, 9.17) is 10.5 Å². The zero-order valence-corrected chi connectivity index (χ0v) is 19.2. The van der Waals surface area contributed by atoms with Crippen LogP contribution in [0.5, 0.6) is 5.75 Å². The van der Waals surface area contributed by atoms with Crippen molar-refractivity contribution in [3.05, 3.63) is 95.4 Å². The number of pyridine rings is 1. The van der Waals surface area contributed by atoms with E-state index in [-0.39, 0.29) is 25.1 Å². The van der Waals surface area contributed by atoms with Crippen molar-refractivity contribution >= 4 is 29.1 Å². The first-order valence-electron chi connectivity index (χ1n) is 11.0. The molecule has 35 heavy (non-hydrogen) atoms. The number of hydrogen-bond donors (Lipinski definition) is 3. The number of carbonyl (C=O) groups excluding carboxylic acids is 3. The smallest absolute Gasteiger partial charge is 0.255 e. The maximum atomic E-state index is 12.9. The summed E-state index contributed by atoms with van der Waals surface area (Å²) in [6.07, 6.45) is 3.93. The van der Waals surface area contributed by atoms with Gasteiger partial charge < -0.3 is 25.5 Å². The van der Waals surface area contributed by atoms with E-state index in [1.165, 1.54) is 0 Å². The number of nitrogens with two attached hydrogens (primary N) is 1. The Morgan fingerprint density at radius 1 is 1.00 bits per heavy atom. The minimum atomic E-state index is -0.509. The maximum Gasteiger partial charge on any atom is 0.255 e. The number of aromatic nitrogens is 2. The Bertz CT molecular complexity index is 1400. The van der Waals surface area contributed by atoms with E-state index in [0.29, 0.717) is 17.0 Å². The third-order valence-electron chi connectivity index (χ3n) is 5.21. The van der Waals surface area contributed by atoms with Crippen LogP contribution in [0.15, 0.2) is 73.1 Å². The van der Waals surface area contributed by atoms with Crippen LogP contribution in [0.4, 0.5) is 5.69 Å². The van der Waals surface area contributed by atoms with Gasteiger partial charge in [-0.2, -0.15) is 0 Å². The molecule has 0 radical (unpaired) electrons. The van der Waals surface area contributed by atoms with Crippen molar-refractivity contribution in [2.45, 2.75) is 20.0 Å². The lowest BCUT2D eigenvalue weighted by molar-refractivity contribution is -0.117. The molecule has 0 atom stereocenters. The van der Waals surface area contributed by atoms with Gasteiger partial charge in [0.25, 0.3) is 11.8 Å². The molecular weight excluding hydrogens is 446 g/mol. The van der Waals surface area contributed by atoms with Gasteiger partial charge in [-0.05, 0) is 48.9 Å². The molecule has 0 fully saturated rings. The van der Waals surface area contributed by atoms with E-state index >= 15 is 0 Å². The summed E-state index contributed by atoms with van der Waals surface area (Å²) in [6, 6.07) is 17.3. The topological polar surface area (TPSA) is 128 Å². The molecule has 0 unspecified atom stereocenters. The summed E-state index contributed by atoms with van der Waals surface area (Å²) in [5.74, 6) is -0.799. The summed E-state index contributed by atoms with van der Waals surface area (Å²) in [7, 11) is 0. The first kappa shape index (κ1) is 23.5. The number of aryl methyl sites for hydroxylation is 1. The Labute approximate surface area is 201 Å². The van der Waals surface area contributed by atoms with E-state index < -0.39 is 17.7 Å². The molecule has 4 rings (SSSR count). The highest BCUT2D eigenvalue weighted by Gasteiger charge is 2.15. The van der Waals surface area contributed by atoms with Crippen LogP contribution in [0.3, 0.4) is 0 Å². The summed E-state index contributed by atoms with van der Waals surface area (Å²) in [5.41, 5.74) is 8.83. The van der Waals surface area contributed by atoms with Crippen molar-refractivity contribution in [3.8, 4) is 5.75 Å². The Hall–Kier alpha value is -4.66. The van der Waals surface area contributed by atoms with Gasteiger partial charge in [-0.1, -0.05) is 24.3 Å². The molecule has 4 N–H and O–H groups in total. The van der Waals surface area contributed by atoms with Crippen molar-refractivity contribution in [1.82, 2.24) is 14.7 Å². The highest BCUT2D eigenvalue weighted by Crippen LogP contribution is 2.19. The van der Waals surface area contributed by atoms with Gasteiger partial charge in [-0.3, -0.25) is 14.4 Å². The monoisotopic (exact) mass is 471 g/mol. The number of carbonyl (C=O) groups is 3. The highest BCUT2D eigenvalue weighted by atomic mass is 16.5. The summed E-state index contributed by atoms with van der Waals surface area (Å²) >= 11 is 0. The van der Waals surface area contributed by atoms with Crippen LogP contribution in [-0.4, -0.2) is 33.7 Å². The molecule has 0 aliphatic carbocycles.